The Balaban J connectivity index is 1.62. The molecule has 0 spiro atoms. The van der Waals surface area contributed by atoms with Gasteiger partial charge in [-0.1, -0.05) is 6.07 Å². The summed E-state index contributed by atoms with van der Waals surface area (Å²) in [4.78, 5) is 26.0. The molecule has 38 heavy (non-hydrogen) atoms. The van der Waals surface area contributed by atoms with Crippen LogP contribution in [0.3, 0.4) is 0 Å². The SMILES string of the molecule is COc1ccc([C@@H]2CC(=O)Oc3ccc4c(c32)O/C(=C/c2cc(OC)c(OC)cc2OC)C4=O)c(OC)c1. The van der Waals surface area contributed by atoms with Crippen molar-refractivity contribution in [2.45, 2.75) is 12.3 Å². The van der Waals surface area contributed by atoms with E-state index in [9.17, 15) is 9.59 Å². The molecule has 0 fully saturated rings. The van der Waals surface area contributed by atoms with E-state index in [4.69, 9.17) is 33.2 Å². The second-order valence-corrected chi connectivity index (χ2v) is 8.58. The first-order valence-electron chi connectivity index (χ1n) is 11.8. The molecule has 5 rings (SSSR count). The van der Waals surface area contributed by atoms with Crippen LogP contribution < -0.4 is 33.2 Å². The minimum atomic E-state index is -0.468. The minimum absolute atomic E-state index is 0.0479. The Bertz CT molecular complexity index is 1470. The summed E-state index contributed by atoms with van der Waals surface area (Å²) in [5.74, 6) is 2.19. The van der Waals surface area contributed by atoms with E-state index in [2.05, 4.69) is 0 Å². The first-order chi connectivity index (χ1) is 18.4. The molecule has 2 aliphatic heterocycles. The quantitative estimate of drug-likeness (QED) is 0.248. The Morgan fingerprint density at radius 2 is 1.47 bits per heavy atom. The molecule has 0 aromatic heterocycles. The van der Waals surface area contributed by atoms with Gasteiger partial charge in [0.1, 0.15) is 28.7 Å². The van der Waals surface area contributed by atoms with Crippen LogP contribution in [0.1, 0.15) is 39.4 Å². The van der Waals surface area contributed by atoms with Crippen LogP contribution >= 0.6 is 0 Å². The highest BCUT2D eigenvalue weighted by Crippen LogP contribution is 2.51. The van der Waals surface area contributed by atoms with Crippen LogP contribution in [0.25, 0.3) is 6.08 Å². The molecule has 196 valence electrons. The lowest BCUT2D eigenvalue weighted by Crippen LogP contribution is -2.22. The fourth-order valence-electron chi connectivity index (χ4n) is 4.78. The van der Waals surface area contributed by atoms with Gasteiger partial charge in [0.15, 0.2) is 17.3 Å². The third-order valence-corrected chi connectivity index (χ3v) is 6.62. The molecular weight excluding hydrogens is 492 g/mol. The van der Waals surface area contributed by atoms with Crippen molar-refractivity contribution in [1.29, 1.82) is 0 Å². The minimum Gasteiger partial charge on any atom is -0.497 e. The highest BCUT2D eigenvalue weighted by atomic mass is 16.5. The fraction of sp³-hybridized carbons (Fsp3) is 0.241. The highest BCUT2D eigenvalue weighted by molar-refractivity contribution is 6.15. The molecule has 0 aliphatic carbocycles. The Labute approximate surface area is 219 Å². The van der Waals surface area contributed by atoms with Crippen molar-refractivity contribution in [3.8, 4) is 40.2 Å². The highest BCUT2D eigenvalue weighted by Gasteiger charge is 2.39. The van der Waals surface area contributed by atoms with Gasteiger partial charge in [-0.15, -0.1) is 0 Å². The van der Waals surface area contributed by atoms with E-state index in [0.717, 1.165) is 5.56 Å². The van der Waals surface area contributed by atoms with Gasteiger partial charge >= 0.3 is 5.97 Å². The number of allylic oxidation sites excluding steroid dienone is 1. The molecular formula is C29H26O9. The molecule has 0 unspecified atom stereocenters. The average Bonchev–Trinajstić information content (AvgIpc) is 3.26. The standard InChI is InChI=1S/C29H26O9/c1-32-16-6-7-17(22(12-16)34-3)19-13-26(30)37-20-9-8-18-28(31)25(38-29(18)27(19)20)11-15-10-23(35-4)24(36-5)14-21(15)33-2/h6-12,14,19H,13H2,1-5H3/b25-11+/t19-/m0/s1. The average molecular weight is 519 g/mol. The number of carbonyl (C=O) groups is 2. The summed E-state index contributed by atoms with van der Waals surface area (Å²) < 4.78 is 38.9. The Hall–Kier alpha value is -4.66. The number of fused-ring (bicyclic) bond motifs is 3. The first kappa shape index (κ1) is 25.0. The molecule has 9 nitrogen and oxygen atoms in total. The predicted octanol–water partition coefficient (Wildman–Crippen LogP) is 4.79. The van der Waals surface area contributed by atoms with Gasteiger partial charge in [0.25, 0.3) is 0 Å². The molecule has 3 aromatic rings. The lowest BCUT2D eigenvalue weighted by Gasteiger charge is -2.27. The number of benzene rings is 3. The molecule has 0 saturated heterocycles. The van der Waals surface area contributed by atoms with Gasteiger partial charge in [0.2, 0.25) is 5.78 Å². The van der Waals surface area contributed by atoms with Gasteiger partial charge in [-0.2, -0.15) is 0 Å². The monoisotopic (exact) mass is 518 g/mol. The summed E-state index contributed by atoms with van der Waals surface area (Å²) >= 11 is 0. The maximum absolute atomic E-state index is 13.4. The van der Waals surface area contributed by atoms with Gasteiger partial charge in [0, 0.05) is 34.7 Å². The second-order valence-electron chi connectivity index (χ2n) is 8.58. The Morgan fingerprint density at radius 3 is 2.16 bits per heavy atom. The van der Waals surface area contributed by atoms with Crippen molar-refractivity contribution in [3.63, 3.8) is 0 Å². The number of hydrogen-bond acceptors (Lipinski definition) is 9. The lowest BCUT2D eigenvalue weighted by molar-refractivity contribution is -0.135. The third kappa shape index (κ3) is 4.15. The normalized spacial score (nSPS) is 16.8. The molecule has 0 N–H and O–H groups in total. The predicted molar refractivity (Wildman–Crippen MR) is 137 cm³/mol. The van der Waals surface area contributed by atoms with Crippen molar-refractivity contribution in [1.82, 2.24) is 0 Å². The van der Waals surface area contributed by atoms with E-state index in [-0.39, 0.29) is 18.0 Å². The number of methoxy groups -OCH3 is 5. The van der Waals surface area contributed by atoms with Crippen LogP contribution in [-0.4, -0.2) is 47.3 Å². The second kappa shape index (κ2) is 10.0. The van der Waals surface area contributed by atoms with Crippen LogP contribution in [0.15, 0.2) is 48.2 Å². The number of ether oxygens (including phenoxy) is 7. The Morgan fingerprint density at radius 1 is 0.763 bits per heavy atom. The van der Waals surface area contributed by atoms with Gasteiger partial charge in [-0.25, -0.2) is 0 Å². The molecule has 2 heterocycles. The van der Waals surface area contributed by atoms with E-state index in [1.54, 1.807) is 56.7 Å². The van der Waals surface area contributed by atoms with E-state index in [0.29, 0.717) is 56.9 Å². The summed E-state index contributed by atoms with van der Waals surface area (Å²) in [6, 6.07) is 12.0. The molecule has 3 aromatic carbocycles. The number of esters is 1. The summed E-state index contributed by atoms with van der Waals surface area (Å²) in [6.07, 6.45) is 1.64. The van der Waals surface area contributed by atoms with Crippen molar-refractivity contribution >= 4 is 17.8 Å². The third-order valence-electron chi connectivity index (χ3n) is 6.62. The van der Waals surface area contributed by atoms with Gasteiger partial charge in [-0.05, 0) is 30.3 Å². The molecule has 2 aliphatic rings. The molecule has 0 bridgehead atoms. The lowest BCUT2D eigenvalue weighted by atomic mass is 9.84. The van der Waals surface area contributed by atoms with Crippen LogP contribution in [0.4, 0.5) is 0 Å². The summed E-state index contributed by atoms with van der Waals surface area (Å²) in [5, 5.41) is 0. The molecule has 9 heteroatoms. The molecule has 0 radical (unpaired) electrons. The maximum Gasteiger partial charge on any atom is 0.312 e. The van der Waals surface area contributed by atoms with Crippen molar-refractivity contribution < 1.29 is 42.7 Å². The summed E-state index contributed by atoms with van der Waals surface area (Å²) in [7, 11) is 7.69. The van der Waals surface area contributed by atoms with E-state index in [1.807, 2.05) is 6.07 Å². The van der Waals surface area contributed by atoms with Crippen molar-refractivity contribution in [3.05, 3.63) is 70.5 Å². The number of ketones is 1. The van der Waals surface area contributed by atoms with Gasteiger partial charge in [-0.3, -0.25) is 9.59 Å². The number of carbonyl (C=O) groups excluding carboxylic acids is 2. The molecule has 0 saturated carbocycles. The van der Waals surface area contributed by atoms with E-state index >= 15 is 0 Å². The maximum atomic E-state index is 13.4. The van der Waals surface area contributed by atoms with E-state index in [1.165, 1.54) is 21.3 Å². The first-order valence-corrected chi connectivity index (χ1v) is 11.8. The van der Waals surface area contributed by atoms with Crippen LogP contribution in [0.2, 0.25) is 0 Å². The number of hydrogen-bond donors (Lipinski definition) is 0. The van der Waals surface area contributed by atoms with E-state index < -0.39 is 11.9 Å². The number of Topliss-reactive ketones (excluding diaryl/α,β-unsaturated/α-hetero) is 1. The zero-order valence-electron chi connectivity index (χ0n) is 21.6. The van der Waals surface area contributed by atoms with Crippen LogP contribution in [0.5, 0.6) is 40.2 Å². The zero-order valence-corrected chi connectivity index (χ0v) is 21.6. The summed E-state index contributed by atoms with van der Waals surface area (Å²) in [6.45, 7) is 0. The zero-order chi connectivity index (χ0) is 27.0. The van der Waals surface area contributed by atoms with Crippen LogP contribution in [0, 0.1) is 0 Å². The molecule has 1 atom stereocenters. The topological polar surface area (TPSA) is 98.8 Å². The van der Waals surface area contributed by atoms with Crippen molar-refractivity contribution in [2.75, 3.05) is 35.5 Å². The fourth-order valence-corrected chi connectivity index (χ4v) is 4.78. The van der Waals surface area contributed by atoms with Crippen LogP contribution in [-0.2, 0) is 4.79 Å². The Kier molecular flexibility index (Phi) is 6.59. The largest absolute Gasteiger partial charge is 0.497 e. The van der Waals surface area contributed by atoms with Gasteiger partial charge < -0.3 is 33.2 Å². The summed E-state index contributed by atoms with van der Waals surface area (Å²) in [5.41, 5.74) is 2.27. The van der Waals surface area contributed by atoms with Crippen molar-refractivity contribution in [2.24, 2.45) is 0 Å². The smallest absolute Gasteiger partial charge is 0.312 e. The molecule has 0 amide bonds. The number of rotatable bonds is 7. The van der Waals surface area contributed by atoms with Gasteiger partial charge in [0.05, 0.1) is 47.5 Å².